The highest BCUT2D eigenvalue weighted by Crippen LogP contribution is 2.25. The molecule has 196 valence electrons. The lowest BCUT2D eigenvalue weighted by Crippen LogP contribution is -2.57. The Hall–Kier alpha value is -3.17. The summed E-state index contributed by atoms with van der Waals surface area (Å²) in [5.74, 6) is 1.01. The third-order valence-electron chi connectivity index (χ3n) is 5.83. The van der Waals surface area contributed by atoms with Gasteiger partial charge in [-0.1, -0.05) is 20.3 Å². The summed E-state index contributed by atoms with van der Waals surface area (Å²) in [7, 11) is 0. The second kappa shape index (κ2) is 13.8. The molecule has 1 amide bonds. The molecule has 1 fully saturated rings. The third-order valence-corrected chi connectivity index (χ3v) is 5.83. The summed E-state index contributed by atoms with van der Waals surface area (Å²) < 4.78 is 29.9. The zero-order valence-corrected chi connectivity index (χ0v) is 21.2. The second-order valence-electron chi connectivity index (χ2n) is 9.04. The summed E-state index contributed by atoms with van der Waals surface area (Å²) in [6, 6.07) is 12.0. The van der Waals surface area contributed by atoms with Gasteiger partial charge in [-0.3, -0.25) is 4.79 Å². The summed E-state index contributed by atoms with van der Waals surface area (Å²) in [6.07, 6.45) is 1.83. The zero-order valence-electron chi connectivity index (χ0n) is 21.2. The van der Waals surface area contributed by atoms with Crippen molar-refractivity contribution in [3.05, 3.63) is 54.3 Å². The molecule has 2 N–H and O–H groups in total. The van der Waals surface area contributed by atoms with Crippen LogP contribution < -0.4 is 20.2 Å². The van der Waals surface area contributed by atoms with E-state index in [4.69, 9.17) is 14.2 Å². The minimum atomic E-state index is -0.928. The van der Waals surface area contributed by atoms with E-state index < -0.39 is 18.2 Å². The maximum atomic E-state index is 13.6. The molecule has 0 radical (unpaired) electrons. The van der Waals surface area contributed by atoms with Gasteiger partial charge >= 0.3 is 6.09 Å². The van der Waals surface area contributed by atoms with Crippen molar-refractivity contribution in [2.75, 3.05) is 26.2 Å². The first kappa shape index (κ1) is 27.4. The average molecular weight is 502 g/mol. The van der Waals surface area contributed by atoms with Gasteiger partial charge in [0.15, 0.2) is 11.9 Å². The first-order valence-electron chi connectivity index (χ1n) is 12.5. The van der Waals surface area contributed by atoms with E-state index in [9.17, 15) is 14.0 Å². The van der Waals surface area contributed by atoms with Crippen LogP contribution in [0.4, 0.5) is 9.18 Å². The van der Waals surface area contributed by atoms with Gasteiger partial charge in [0.05, 0.1) is 19.2 Å². The standard InChI is InChI=1S/C27H36FN3O5/c1-4-34-27(33)29-18-24(26(32)25(19(2)3)30-31-16-6-5-7-17-31)36-23-14-12-22(13-15-23)35-21-10-8-20(28)9-11-21/h8-15,19,24-25,30H,4-7,16-18H2,1-3H3,(H,29,33)/t24?,25-/m0/s1. The Morgan fingerprint density at radius 1 is 0.944 bits per heavy atom. The second-order valence-corrected chi connectivity index (χ2v) is 9.04. The van der Waals surface area contributed by atoms with Gasteiger partial charge in [-0.15, -0.1) is 0 Å². The van der Waals surface area contributed by atoms with Crippen molar-refractivity contribution in [3.8, 4) is 17.2 Å². The largest absolute Gasteiger partial charge is 0.481 e. The number of amides is 1. The number of ether oxygens (including phenoxy) is 3. The summed E-state index contributed by atoms with van der Waals surface area (Å²) in [5.41, 5.74) is 3.39. The smallest absolute Gasteiger partial charge is 0.407 e. The number of piperidine rings is 1. The van der Waals surface area contributed by atoms with Crippen molar-refractivity contribution in [1.82, 2.24) is 15.8 Å². The first-order valence-corrected chi connectivity index (χ1v) is 12.5. The van der Waals surface area contributed by atoms with Gasteiger partial charge in [-0.25, -0.2) is 19.6 Å². The summed E-state index contributed by atoms with van der Waals surface area (Å²) >= 11 is 0. The lowest BCUT2D eigenvalue weighted by atomic mass is 9.96. The lowest BCUT2D eigenvalue weighted by molar-refractivity contribution is -0.130. The number of alkyl carbamates (subject to hydrolysis) is 1. The molecule has 8 nitrogen and oxygen atoms in total. The maximum absolute atomic E-state index is 13.6. The Bertz CT molecular complexity index is 962. The van der Waals surface area contributed by atoms with E-state index in [2.05, 4.69) is 15.8 Å². The summed E-state index contributed by atoms with van der Waals surface area (Å²) in [4.78, 5) is 25.5. The maximum Gasteiger partial charge on any atom is 0.407 e. The number of hydrogen-bond acceptors (Lipinski definition) is 7. The fourth-order valence-corrected chi connectivity index (χ4v) is 3.91. The van der Waals surface area contributed by atoms with Crippen LogP contribution in [-0.2, 0) is 9.53 Å². The molecule has 2 aromatic carbocycles. The van der Waals surface area contributed by atoms with E-state index in [0.717, 1.165) is 25.9 Å². The Balaban J connectivity index is 1.70. The number of halogens is 1. The number of nitrogens with zero attached hydrogens (tertiary/aromatic N) is 1. The number of hydrogen-bond donors (Lipinski definition) is 2. The predicted octanol–water partition coefficient (Wildman–Crippen LogP) is 4.70. The van der Waals surface area contributed by atoms with E-state index in [-0.39, 0.29) is 30.7 Å². The van der Waals surface area contributed by atoms with Gasteiger partial charge in [0.1, 0.15) is 23.1 Å². The number of carbonyl (C=O) groups is 2. The number of rotatable bonds is 12. The monoisotopic (exact) mass is 501 g/mol. The normalized spacial score (nSPS) is 15.7. The molecule has 2 aromatic rings. The molecule has 0 aromatic heterocycles. The van der Waals surface area contributed by atoms with Crippen molar-refractivity contribution in [2.45, 2.75) is 52.2 Å². The van der Waals surface area contributed by atoms with Gasteiger partial charge in [0.2, 0.25) is 0 Å². The number of ketones is 1. The van der Waals surface area contributed by atoms with Crippen LogP contribution >= 0.6 is 0 Å². The van der Waals surface area contributed by atoms with Crippen molar-refractivity contribution in [1.29, 1.82) is 0 Å². The third kappa shape index (κ3) is 8.49. The molecule has 0 bridgehead atoms. The number of benzene rings is 2. The molecule has 1 aliphatic rings. The van der Waals surface area contributed by atoms with Gasteiger partial charge < -0.3 is 19.5 Å². The highest BCUT2D eigenvalue weighted by Gasteiger charge is 2.33. The minimum absolute atomic E-state index is 0.0135. The lowest BCUT2D eigenvalue weighted by Gasteiger charge is -2.34. The first-order chi connectivity index (χ1) is 17.4. The van der Waals surface area contributed by atoms with Crippen LogP contribution in [0.1, 0.15) is 40.0 Å². The van der Waals surface area contributed by atoms with Crippen molar-refractivity contribution in [3.63, 3.8) is 0 Å². The van der Waals surface area contributed by atoms with E-state index in [1.54, 1.807) is 31.2 Å². The molecular weight excluding hydrogens is 465 g/mol. The van der Waals surface area contributed by atoms with Crippen LogP contribution in [0.25, 0.3) is 0 Å². The molecule has 1 saturated heterocycles. The number of nitrogens with one attached hydrogen (secondary N) is 2. The molecule has 9 heteroatoms. The van der Waals surface area contributed by atoms with Crippen molar-refractivity contribution < 1.29 is 28.2 Å². The van der Waals surface area contributed by atoms with Crippen LogP contribution in [0.2, 0.25) is 0 Å². The molecule has 0 saturated carbocycles. The van der Waals surface area contributed by atoms with Crippen LogP contribution in [0, 0.1) is 11.7 Å². The Kier molecular flexibility index (Phi) is 10.5. The molecule has 1 aliphatic heterocycles. The minimum Gasteiger partial charge on any atom is -0.481 e. The quantitative estimate of drug-likeness (QED) is 0.436. The highest BCUT2D eigenvalue weighted by atomic mass is 19.1. The molecule has 2 atom stereocenters. The molecule has 36 heavy (non-hydrogen) atoms. The molecule has 3 rings (SSSR count). The SMILES string of the molecule is CCOC(=O)NCC(Oc1ccc(Oc2ccc(F)cc2)cc1)C(=O)[C@@H](NN1CCCCC1)C(C)C. The number of hydrazine groups is 1. The van der Waals surface area contributed by atoms with E-state index in [1.165, 1.54) is 30.7 Å². The average Bonchev–Trinajstić information content (AvgIpc) is 2.87. The molecule has 0 spiro atoms. The summed E-state index contributed by atoms with van der Waals surface area (Å²) in [5, 5.41) is 4.73. The molecule has 1 heterocycles. The van der Waals surface area contributed by atoms with Gasteiger partial charge in [-0.2, -0.15) is 0 Å². The highest BCUT2D eigenvalue weighted by molar-refractivity contribution is 5.89. The van der Waals surface area contributed by atoms with Crippen LogP contribution in [0.15, 0.2) is 48.5 Å². The fraction of sp³-hybridized carbons (Fsp3) is 0.481. The van der Waals surface area contributed by atoms with E-state index in [0.29, 0.717) is 17.2 Å². The molecule has 1 unspecified atom stereocenters. The molecular formula is C27H36FN3O5. The molecule has 0 aliphatic carbocycles. The summed E-state index contributed by atoms with van der Waals surface area (Å²) in [6.45, 7) is 7.65. The van der Waals surface area contributed by atoms with Crippen LogP contribution in [0.5, 0.6) is 17.2 Å². The topological polar surface area (TPSA) is 89.1 Å². The van der Waals surface area contributed by atoms with Gasteiger partial charge in [-0.05, 0) is 74.2 Å². The number of Topliss-reactive ketones (excluding diaryl/α,β-unsaturated/α-hetero) is 1. The van der Waals surface area contributed by atoms with E-state index >= 15 is 0 Å². The van der Waals surface area contributed by atoms with Crippen molar-refractivity contribution >= 4 is 11.9 Å². The number of carbonyl (C=O) groups excluding carboxylic acids is 2. The fourth-order valence-electron chi connectivity index (χ4n) is 3.91. The van der Waals surface area contributed by atoms with Crippen LogP contribution in [-0.4, -0.2) is 55.3 Å². The Morgan fingerprint density at radius 3 is 2.11 bits per heavy atom. The Morgan fingerprint density at radius 2 is 1.53 bits per heavy atom. The van der Waals surface area contributed by atoms with Crippen molar-refractivity contribution in [2.24, 2.45) is 5.92 Å². The Labute approximate surface area is 212 Å². The zero-order chi connectivity index (χ0) is 25.9. The predicted molar refractivity (Wildman–Crippen MR) is 135 cm³/mol. The van der Waals surface area contributed by atoms with Gasteiger partial charge in [0, 0.05) is 13.1 Å². The van der Waals surface area contributed by atoms with E-state index in [1.807, 2.05) is 13.8 Å². The van der Waals surface area contributed by atoms with Crippen LogP contribution in [0.3, 0.4) is 0 Å². The van der Waals surface area contributed by atoms with Gasteiger partial charge in [0.25, 0.3) is 0 Å².